The molecule has 0 saturated carbocycles. The molecule has 118 valence electrons. The SMILES string of the molecule is CCCC1CCCCN1CCC(O)c1cccc(F)c1F. The summed E-state index contributed by atoms with van der Waals surface area (Å²) in [5.74, 6) is -1.82. The second-order valence-electron chi connectivity index (χ2n) is 5.92. The Labute approximate surface area is 125 Å². The molecule has 0 bridgehead atoms. The molecule has 1 aromatic carbocycles. The molecular formula is C17H25F2NO. The molecule has 1 N–H and O–H groups in total. The number of benzene rings is 1. The molecule has 1 aliphatic heterocycles. The van der Waals surface area contributed by atoms with Gasteiger partial charge in [-0.1, -0.05) is 31.9 Å². The summed E-state index contributed by atoms with van der Waals surface area (Å²) in [4.78, 5) is 2.40. The van der Waals surface area contributed by atoms with Crippen LogP contribution in [0.2, 0.25) is 0 Å². The average Bonchev–Trinajstić information content (AvgIpc) is 2.49. The molecule has 0 amide bonds. The van der Waals surface area contributed by atoms with Crippen LogP contribution in [-0.2, 0) is 0 Å². The smallest absolute Gasteiger partial charge is 0.164 e. The molecule has 1 aliphatic rings. The van der Waals surface area contributed by atoms with Crippen LogP contribution in [0.15, 0.2) is 18.2 Å². The molecule has 4 heteroatoms. The summed E-state index contributed by atoms with van der Waals surface area (Å²) >= 11 is 0. The topological polar surface area (TPSA) is 23.5 Å². The van der Waals surface area contributed by atoms with Gasteiger partial charge in [-0.3, -0.25) is 0 Å². The zero-order chi connectivity index (χ0) is 15.2. The predicted molar refractivity (Wildman–Crippen MR) is 80.1 cm³/mol. The minimum Gasteiger partial charge on any atom is -0.388 e. The number of piperidine rings is 1. The van der Waals surface area contributed by atoms with Crippen molar-refractivity contribution in [2.75, 3.05) is 13.1 Å². The average molecular weight is 297 g/mol. The number of rotatable bonds is 6. The summed E-state index contributed by atoms with van der Waals surface area (Å²) in [5.41, 5.74) is 0.0686. The van der Waals surface area contributed by atoms with Gasteiger partial charge in [-0.05, 0) is 38.3 Å². The minimum absolute atomic E-state index is 0.0686. The van der Waals surface area contributed by atoms with E-state index in [-0.39, 0.29) is 5.56 Å². The van der Waals surface area contributed by atoms with Gasteiger partial charge >= 0.3 is 0 Å². The Hall–Kier alpha value is -1.00. The van der Waals surface area contributed by atoms with Crippen molar-refractivity contribution in [2.45, 2.75) is 57.6 Å². The molecule has 1 heterocycles. The van der Waals surface area contributed by atoms with Crippen LogP contribution in [0.1, 0.15) is 57.1 Å². The van der Waals surface area contributed by atoms with Crippen LogP contribution in [0.3, 0.4) is 0 Å². The van der Waals surface area contributed by atoms with Crippen molar-refractivity contribution in [3.8, 4) is 0 Å². The highest BCUT2D eigenvalue weighted by atomic mass is 19.2. The molecule has 0 aliphatic carbocycles. The third-order valence-electron chi connectivity index (χ3n) is 4.40. The Balaban J connectivity index is 1.93. The first-order chi connectivity index (χ1) is 10.1. The lowest BCUT2D eigenvalue weighted by Gasteiger charge is -2.36. The van der Waals surface area contributed by atoms with Crippen LogP contribution in [-0.4, -0.2) is 29.1 Å². The monoisotopic (exact) mass is 297 g/mol. The van der Waals surface area contributed by atoms with Crippen LogP contribution in [0.4, 0.5) is 8.78 Å². The molecule has 1 aromatic rings. The van der Waals surface area contributed by atoms with E-state index in [2.05, 4.69) is 11.8 Å². The molecule has 0 aromatic heterocycles. The van der Waals surface area contributed by atoms with E-state index in [1.54, 1.807) is 0 Å². The van der Waals surface area contributed by atoms with Crippen molar-refractivity contribution < 1.29 is 13.9 Å². The minimum atomic E-state index is -0.940. The van der Waals surface area contributed by atoms with Crippen LogP contribution in [0.5, 0.6) is 0 Å². The van der Waals surface area contributed by atoms with Gasteiger partial charge in [0.05, 0.1) is 6.10 Å². The zero-order valence-electron chi connectivity index (χ0n) is 12.7. The number of likely N-dealkylation sites (tertiary alicyclic amines) is 1. The fraction of sp³-hybridized carbons (Fsp3) is 0.647. The van der Waals surface area contributed by atoms with E-state index >= 15 is 0 Å². The van der Waals surface area contributed by atoms with Crippen molar-refractivity contribution >= 4 is 0 Å². The van der Waals surface area contributed by atoms with E-state index in [1.165, 1.54) is 37.8 Å². The van der Waals surface area contributed by atoms with Crippen LogP contribution >= 0.6 is 0 Å². The second-order valence-corrected chi connectivity index (χ2v) is 5.92. The van der Waals surface area contributed by atoms with Gasteiger partial charge in [-0.25, -0.2) is 8.78 Å². The van der Waals surface area contributed by atoms with Gasteiger partial charge in [0.1, 0.15) is 0 Å². The maximum Gasteiger partial charge on any atom is 0.164 e. The summed E-state index contributed by atoms with van der Waals surface area (Å²) in [6, 6.07) is 4.56. The Bertz CT molecular complexity index is 450. The maximum atomic E-state index is 13.7. The van der Waals surface area contributed by atoms with Crippen molar-refractivity contribution in [2.24, 2.45) is 0 Å². The summed E-state index contributed by atoms with van der Waals surface area (Å²) < 4.78 is 26.9. The highest BCUT2D eigenvalue weighted by Crippen LogP contribution is 2.25. The van der Waals surface area contributed by atoms with Crippen LogP contribution in [0.25, 0.3) is 0 Å². The number of hydrogen-bond acceptors (Lipinski definition) is 2. The van der Waals surface area contributed by atoms with Gasteiger partial charge < -0.3 is 10.0 Å². The largest absolute Gasteiger partial charge is 0.388 e. The molecule has 0 spiro atoms. The van der Waals surface area contributed by atoms with E-state index in [0.717, 1.165) is 25.6 Å². The van der Waals surface area contributed by atoms with Gasteiger partial charge in [0.2, 0.25) is 0 Å². The quantitative estimate of drug-likeness (QED) is 0.856. The number of aliphatic hydroxyl groups is 1. The Morgan fingerprint density at radius 3 is 2.90 bits per heavy atom. The highest BCUT2D eigenvalue weighted by Gasteiger charge is 2.23. The van der Waals surface area contributed by atoms with E-state index in [0.29, 0.717) is 12.5 Å². The molecule has 1 saturated heterocycles. The second kappa shape index (κ2) is 7.85. The normalized spacial score (nSPS) is 21.4. The van der Waals surface area contributed by atoms with E-state index in [4.69, 9.17) is 0 Å². The first kappa shape index (κ1) is 16.4. The van der Waals surface area contributed by atoms with Gasteiger partial charge in [-0.2, -0.15) is 0 Å². The van der Waals surface area contributed by atoms with Crippen molar-refractivity contribution in [1.82, 2.24) is 4.90 Å². The van der Waals surface area contributed by atoms with Crippen LogP contribution in [0, 0.1) is 11.6 Å². The molecule has 21 heavy (non-hydrogen) atoms. The Morgan fingerprint density at radius 2 is 2.14 bits per heavy atom. The van der Waals surface area contributed by atoms with E-state index in [1.807, 2.05) is 0 Å². The van der Waals surface area contributed by atoms with Gasteiger partial charge in [0.15, 0.2) is 11.6 Å². The summed E-state index contributed by atoms with van der Waals surface area (Å²) in [7, 11) is 0. The standard InChI is InChI=1S/C17H25F2NO/c1-2-6-13-7-3-4-11-20(13)12-10-16(21)14-8-5-9-15(18)17(14)19/h5,8-9,13,16,21H,2-4,6-7,10-12H2,1H3. The Kier molecular flexibility index (Phi) is 6.12. The number of halogens is 2. The number of hydrogen-bond donors (Lipinski definition) is 1. The first-order valence-corrected chi connectivity index (χ1v) is 7.99. The molecule has 0 radical (unpaired) electrons. The molecule has 2 unspecified atom stereocenters. The van der Waals surface area contributed by atoms with Crippen molar-refractivity contribution in [1.29, 1.82) is 0 Å². The molecule has 1 fully saturated rings. The fourth-order valence-corrected chi connectivity index (χ4v) is 3.24. The van der Waals surface area contributed by atoms with Crippen LogP contribution < -0.4 is 0 Å². The molecular weight excluding hydrogens is 272 g/mol. The first-order valence-electron chi connectivity index (χ1n) is 7.99. The van der Waals surface area contributed by atoms with E-state index in [9.17, 15) is 13.9 Å². The van der Waals surface area contributed by atoms with Crippen molar-refractivity contribution in [3.05, 3.63) is 35.4 Å². The summed E-state index contributed by atoms with van der Waals surface area (Å²) in [5, 5.41) is 10.1. The summed E-state index contributed by atoms with van der Waals surface area (Å²) in [6.45, 7) is 3.97. The molecule has 2 rings (SSSR count). The molecule has 2 nitrogen and oxygen atoms in total. The Morgan fingerprint density at radius 1 is 1.33 bits per heavy atom. The van der Waals surface area contributed by atoms with Gasteiger partial charge in [0.25, 0.3) is 0 Å². The molecule has 2 atom stereocenters. The third-order valence-corrected chi connectivity index (χ3v) is 4.40. The lowest BCUT2D eigenvalue weighted by atomic mass is 9.97. The highest BCUT2D eigenvalue weighted by molar-refractivity contribution is 5.21. The van der Waals surface area contributed by atoms with Crippen molar-refractivity contribution in [3.63, 3.8) is 0 Å². The number of nitrogens with zero attached hydrogens (tertiary/aromatic N) is 1. The fourth-order valence-electron chi connectivity index (χ4n) is 3.24. The number of aliphatic hydroxyl groups excluding tert-OH is 1. The lowest BCUT2D eigenvalue weighted by Crippen LogP contribution is -2.40. The lowest BCUT2D eigenvalue weighted by molar-refractivity contribution is 0.0968. The van der Waals surface area contributed by atoms with Gasteiger partial charge in [-0.15, -0.1) is 0 Å². The summed E-state index contributed by atoms with van der Waals surface area (Å²) in [6.07, 6.45) is 5.49. The third kappa shape index (κ3) is 4.24. The maximum absolute atomic E-state index is 13.7. The zero-order valence-corrected chi connectivity index (χ0v) is 12.7. The van der Waals surface area contributed by atoms with Gasteiger partial charge in [0, 0.05) is 18.2 Å². The van der Waals surface area contributed by atoms with E-state index < -0.39 is 17.7 Å². The predicted octanol–water partition coefficient (Wildman–Crippen LogP) is 4.04.